The summed E-state index contributed by atoms with van der Waals surface area (Å²) in [5, 5.41) is 5.98. The molecule has 0 saturated carbocycles. The van der Waals surface area contributed by atoms with Crippen LogP contribution in [0.4, 0.5) is 11.4 Å². The van der Waals surface area contributed by atoms with Crippen molar-refractivity contribution < 1.29 is 3.83 Å². The Morgan fingerprint density at radius 2 is 1.74 bits per heavy atom. The van der Waals surface area contributed by atoms with Crippen LogP contribution in [-0.2, 0) is 3.83 Å². The molecule has 3 aromatic rings. The maximum absolute atomic E-state index is 12.2. The van der Waals surface area contributed by atoms with Crippen LogP contribution in [0.25, 0.3) is 10.8 Å². The van der Waals surface area contributed by atoms with Gasteiger partial charge in [0.1, 0.15) is 0 Å². The van der Waals surface area contributed by atoms with Gasteiger partial charge in [0.2, 0.25) is 0 Å². The third-order valence-electron chi connectivity index (χ3n) is 4.18. The second-order valence-electron chi connectivity index (χ2n) is 5.69. The number of para-hydroxylation sites is 1. The predicted molar refractivity (Wildman–Crippen MR) is 97.2 cm³/mol. The van der Waals surface area contributed by atoms with Crippen LogP contribution >= 0.6 is 0 Å². The van der Waals surface area contributed by atoms with Crippen molar-refractivity contribution in [1.29, 1.82) is 0 Å². The fourth-order valence-electron chi connectivity index (χ4n) is 3.01. The molecule has 0 fully saturated rings. The van der Waals surface area contributed by atoms with Crippen LogP contribution in [0.15, 0.2) is 66.7 Å². The van der Waals surface area contributed by atoms with E-state index in [4.69, 9.17) is 0 Å². The summed E-state index contributed by atoms with van der Waals surface area (Å²) in [6, 6.07) is 22.9. The third-order valence-corrected chi connectivity index (χ3v) is 7.08. The summed E-state index contributed by atoms with van der Waals surface area (Å²) >= 11 is -1.87. The molecule has 0 aliphatic carbocycles. The summed E-state index contributed by atoms with van der Waals surface area (Å²) in [4.78, 5) is 2.24. The summed E-state index contributed by atoms with van der Waals surface area (Å²) in [7, 11) is 0. The van der Waals surface area contributed by atoms with Crippen molar-refractivity contribution in [3.8, 4) is 0 Å². The zero-order valence-corrected chi connectivity index (χ0v) is 14.4. The Hall–Kier alpha value is -2.16. The van der Waals surface area contributed by atoms with Gasteiger partial charge < -0.3 is 0 Å². The Morgan fingerprint density at radius 3 is 2.65 bits per heavy atom. The Morgan fingerprint density at radius 1 is 0.957 bits per heavy atom. The molecule has 3 nitrogen and oxygen atoms in total. The fourth-order valence-corrected chi connectivity index (χ4v) is 5.85. The van der Waals surface area contributed by atoms with Crippen LogP contribution in [-0.4, -0.2) is 32.4 Å². The molecule has 1 heterocycles. The average molecular weight is 369 g/mol. The average Bonchev–Trinajstić information content (AvgIpc) is 2.91. The van der Waals surface area contributed by atoms with Crippen LogP contribution in [0.5, 0.6) is 0 Å². The molecule has 0 saturated heterocycles. The van der Waals surface area contributed by atoms with E-state index in [9.17, 15) is 3.83 Å². The minimum atomic E-state index is -1.87. The molecule has 1 aliphatic rings. The molecule has 0 aromatic heterocycles. The molecule has 116 valence electrons. The van der Waals surface area contributed by atoms with Crippen LogP contribution in [0.1, 0.15) is 0 Å². The number of fused-ring (bicyclic) bond motifs is 2. The van der Waals surface area contributed by atoms with Gasteiger partial charge in [-0.05, 0) is 0 Å². The summed E-state index contributed by atoms with van der Waals surface area (Å²) in [5.41, 5.74) is 2.97. The first-order valence-electron chi connectivity index (χ1n) is 7.76. The van der Waals surface area contributed by atoms with Crippen molar-refractivity contribution in [3.63, 3.8) is 0 Å². The first kappa shape index (κ1) is 14.4. The first-order valence-corrected chi connectivity index (χ1v) is 10.5. The quantitative estimate of drug-likeness (QED) is 0.718. The van der Waals surface area contributed by atoms with E-state index >= 15 is 0 Å². The third kappa shape index (κ3) is 2.88. The number of hydrogen-bond donors (Lipinski definition) is 1. The first-order chi connectivity index (χ1) is 11.3. The van der Waals surface area contributed by atoms with E-state index < -0.39 is 13.8 Å². The standard InChI is InChI=1S/C19H18N2OSe/c22-23-14-21(18-7-3-4-8-19(18)23)12-11-20-17-10-9-15-5-1-2-6-16(15)13-17/h1-10,13,20H,11-12,14H2. The van der Waals surface area contributed by atoms with Crippen molar-refractivity contribution in [1.82, 2.24) is 0 Å². The molecule has 1 aliphatic heterocycles. The Bertz CT molecular complexity index is 878. The van der Waals surface area contributed by atoms with Crippen molar-refractivity contribution in [2.24, 2.45) is 0 Å². The Labute approximate surface area is 140 Å². The van der Waals surface area contributed by atoms with Gasteiger partial charge in [-0.25, -0.2) is 0 Å². The molecule has 0 amide bonds. The van der Waals surface area contributed by atoms with Crippen LogP contribution < -0.4 is 14.7 Å². The topological polar surface area (TPSA) is 32.3 Å². The van der Waals surface area contributed by atoms with Crippen LogP contribution in [0.3, 0.4) is 0 Å². The van der Waals surface area contributed by atoms with E-state index in [1.165, 1.54) is 10.8 Å². The van der Waals surface area contributed by atoms with Gasteiger partial charge in [0, 0.05) is 0 Å². The molecular weight excluding hydrogens is 351 g/mol. The SMILES string of the molecule is O=[Se]1CN(CCNc2ccc3ccccc3c2)c2ccccc21. The van der Waals surface area contributed by atoms with Crippen LogP contribution in [0.2, 0.25) is 0 Å². The molecule has 0 radical (unpaired) electrons. The number of hydrogen-bond acceptors (Lipinski definition) is 3. The predicted octanol–water partition coefficient (Wildman–Crippen LogP) is 2.94. The Balaban J connectivity index is 1.43. The minimum absolute atomic E-state index is 0.693. The summed E-state index contributed by atoms with van der Waals surface area (Å²) < 4.78 is 13.3. The molecular formula is C19H18N2OSe. The fraction of sp³-hybridized carbons (Fsp3) is 0.158. The van der Waals surface area contributed by atoms with E-state index in [1.807, 2.05) is 18.2 Å². The van der Waals surface area contributed by atoms with E-state index in [0.717, 1.165) is 28.9 Å². The van der Waals surface area contributed by atoms with E-state index in [1.54, 1.807) is 0 Å². The Kier molecular flexibility index (Phi) is 3.86. The molecule has 4 rings (SSSR count). The molecule has 1 N–H and O–H groups in total. The summed E-state index contributed by atoms with van der Waals surface area (Å²) in [6.45, 7) is 1.71. The summed E-state index contributed by atoms with van der Waals surface area (Å²) in [6.07, 6.45) is 0. The molecule has 3 aromatic carbocycles. The zero-order chi connectivity index (χ0) is 15.6. The second-order valence-corrected chi connectivity index (χ2v) is 8.61. The summed E-state index contributed by atoms with van der Waals surface area (Å²) in [5.74, 6) is 0. The van der Waals surface area contributed by atoms with Crippen molar-refractivity contribution in [3.05, 3.63) is 66.7 Å². The number of rotatable bonds is 4. The normalized spacial score (nSPS) is 16.5. The van der Waals surface area contributed by atoms with Gasteiger partial charge >= 0.3 is 140 Å². The zero-order valence-electron chi connectivity index (χ0n) is 12.7. The molecule has 1 unspecified atom stereocenters. The maximum atomic E-state index is 12.2. The molecule has 23 heavy (non-hydrogen) atoms. The van der Waals surface area contributed by atoms with Crippen molar-refractivity contribution in [2.45, 2.75) is 0 Å². The molecule has 1 atom stereocenters. The molecule has 0 spiro atoms. The van der Waals surface area contributed by atoms with Crippen molar-refractivity contribution >= 4 is 40.4 Å². The number of nitrogens with one attached hydrogen (secondary N) is 1. The monoisotopic (exact) mass is 370 g/mol. The molecule has 4 heteroatoms. The van der Waals surface area contributed by atoms with E-state index in [-0.39, 0.29) is 0 Å². The van der Waals surface area contributed by atoms with Gasteiger partial charge in [0.25, 0.3) is 0 Å². The van der Waals surface area contributed by atoms with Crippen LogP contribution in [0, 0.1) is 0 Å². The number of benzene rings is 3. The second kappa shape index (κ2) is 6.15. The number of anilines is 2. The van der Waals surface area contributed by atoms with E-state index in [0.29, 0.717) is 5.44 Å². The van der Waals surface area contributed by atoms with Crippen molar-refractivity contribution in [2.75, 3.05) is 28.7 Å². The van der Waals surface area contributed by atoms with E-state index in [2.05, 4.69) is 58.7 Å². The van der Waals surface area contributed by atoms with Gasteiger partial charge in [0.05, 0.1) is 0 Å². The molecule has 0 bridgehead atoms. The van der Waals surface area contributed by atoms with Gasteiger partial charge in [-0.2, -0.15) is 0 Å². The number of nitrogens with zero attached hydrogens (tertiary/aromatic N) is 1. The van der Waals surface area contributed by atoms with Gasteiger partial charge in [-0.3, -0.25) is 0 Å². The van der Waals surface area contributed by atoms with Gasteiger partial charge in [0.15, 0.2) is 0 Å². The van der Waals surface area contributed by atoms with Gasteiger partial charge in [-0.15, -0.1) is 0 Å². The van der Waals surface area contributed by atoms with Gasteiger partial charge in [-0.1, -0.05) is 0 Å².